The summed E-state index contributed by atoms with van der Waals surface area (Å²) in [6.07, 6.45) is 14.2. The van der Waals surface area contributed by atoms with Crippen molar-refractivity contribution in [3.05, 3.63) is 59.2 Å². The van der Waals surface area contributed by atoms with E-state index in [4.69, 9.17) is 14.2 Å². The van der Waals surface area contributed by atoms with Crippen molar-refractivity contribution in [1.29, 1.82) is 0 Å². The second-order valence-electron chi connectivity index (χ2n) is 9.22. The lowest BCUT2D eigenvalue weighted by molar-refractivity contribution is 0.104. The van der Waals surface area contributed by atoms with E-state index < -0.39 is 0 Å². The van der Waals surface area contributed by atoms with Gasteiger partial charge in [-0.1, -0.05) is 78.4 Å². The third-order valence-electron chi connectivity index (χ3n) is 6.15. The van der Waals surface area contributed by atoms with E-state index in [0.29, 0.717) is 36.9 Å². The number of hydrogen-bond acceptors (Lipinski definition) is 4. The SMILES string of the molecule is CCCCCOc1ccc(CC)cc1/C=C/C(=O)c1cccc(OCCCCC)c1OCCCCC. The molecule has 0 bridgehead atoms. The highest BCUT2D eigenvalue weighted by Gasteiger charge is 2.16. The highest BCUT2D eigenvalue weighted by molar-refractivity contribution is 6.09. The largest absolute Gasteiger partial charge is 0.493 e. The smallest absolute Gasteiger partial charge is 0.189 e. The molecule has 0 heterocycles. The number of carbonyl (C=O) groups is 1. The Morgan fingerprint density at radius 2 is 1.33 bits per heavy atom. The van der Waals surface area contributed by atoms with Crippen LogP contribution in [0.25, 0.3) is 6.08 Å². The van der Waals surface area contributed by atoms with Crippen molar-refractivity contribution in [1.82, 2.24) is 0 Å². The zero-order valence-electron chi connectivity index (χ0n) is 22.9. The maximum absolute atomic E-state index is 13.4. The molecule has 0 aliphatic carbocycles. The van der Waals surface area contributed by atoms with Crippen LogP contribution in [-0.2, 0) is 6.42 Å². The van der Waals surface area contributed by atoms with Crippen LogP contribution in [0.2, 0.25) is 0 Å². The van der Waals surface area contributed by atoms with E-state index in [1.807, 2.05) is 30.3 Å². The van der Waals surface area contributed by atoms with Crippen molar-refractivity contribution >= 4 is 11.9 Å². The monoisotopic (exact) mass is 494 g/mol. The number of ketones is 1. The van der Waals surface area contributed by atoms with Crippen LogP contribution in [0.4, 0.5) is 0 Å². The number of carbonyl (C=O) groups excluding carboxylic acids is 1. The third-order valence-corrected chi connectivity index (χ3v) is 6.15. The lowest BCUT2D eigenvalue weighted by Gasteiger charge is -2.15. The molecular formula is C32H46O4. The number of unbranched alkanes of at least 4 members (excludes halogenated alkanes) is 6. The number of aryl methyl sites for hydroxylation is 1. The predicted molar refractivity (Wildman–Crippen MR) is 151 cm³/mol. The van der Waals surface area contributed by atoms with Gasteiger partial charge in [-0.05, 0) is 67.7 Å². The first-order valence-electron chi connectivity index (χ1n) is 14.0. The molecule has 198 valence electrons. The Hall–Kier alpha value is -2.75. The van der Waals surface area contributed by atoms with Gasteiger partial charge >= 0.3 is 0 Å². The highest BCUT2D eigenvalue weighted by atomic mass is 16.5. The zero-order valence-corrected chi connectivity index (χ0v) is 22.9. The molecule has 0 atom stereocenters. The van der Waals surface area contributed by atoms with Gasteiger partial charge in [0.25, 0.3) is 0 Å². The minimum atomic E-state index is -0.0988. The molecule has 2 aromatic carbocycles. The van der Waals surface area contributed by atoms with E-state index in [0.717, 1.165) is 75.5 Å². The minimum absolute atomic E-state index is 0.0988. The molecule has 0 saturated heterocycles. The first-order chi connectivity index (χ1) is 17.6. The molecule has 0 amide bonds. The normalized spacial score (nSPS) is 11.1. The number of hydrogen-bond donors (Lipinski definition) is 0. The molecule has 0 saturated carbocycles. The minimum Gasteiger partial charge on any atom is -0.493 e. The number of allylic oxidation sites excluding steroid dienone is 1. The molecule has 0 unspecified atom stereocenters. The van der Waals surface area contributed by atoms with Gasteiger partial charge in [0.1, 0.15) is 5.75 Å². The maximum Gasteiger partial charge on any atom is 0.189 e. The summed E-state index contributed by atoms with van der Waals surface area (Å²) in [4.78, 5) is 13.4. The van der Waals surface area contributed by atoms with Crippen molar-refractivity contribution in [3.8, 4) is 17.2 Å². The summed E-state index contributed by atoms with van der Waals surface area (Å²) >= 11 is 0. The summed E-state index contributed by atoms with van der Waals surface area (Å²) in [6.45, 7) is 10.5. The van der Waals surface area contributed by atoms with Crippen molar-refractivity contribution in [2.75, 3.05) is 19.8 Å². The molecule has 0 fully saturated rings. The first kappa shape index (κ1) is 29.5. The van der Waals surface area contributed by atoms with Gasteiger partial charge in [0.2, 0.25) is 0 Å². The van der Waals surface area contributed by atoms with E-state index in [2.05, 4.69) is 39.8 Å². The molecular weight excluding hydrogens is 448 g/mol. The molecule has 4 heteroatoms. The summed E-state index contributed by atoms with van der Waals surface area (Å²) in [6, 6.07) is 11.8. The topological polar surface area (TPSA) is 44.8 Å². The Balaban J connectivity index is 2.25. The molecule has 4 nitrogen and oxygen atoms in total. The lowest BCUT2D eigenvalue weighted by Crippen LogP contribution is -2.07. The van der Waals surface area contributed by atoms with Crippen LogP contribution in [0.3, 0.4) is 0 Å². The quantitative estimate of drug-likeness (QED) is 0.111. The summed E-state index contributed by atoms with van der Waals surface area (Å²) in [7, 11) is 0. The summed E-state index contributed by atoms with van der Waals surface area (Å²) in [5.74, 6) is 1.92. The van der Waals surface area contributed by atoms with E-state index in [9.17, 15) is 4.79 Å². The van der Waals surface area contributed by atoms with Crippen LogP contribution >= 0.6 is 0 Å². The van der Waals surface area contributed by atoms with E-state index >= 15 is 0 Å². The molecule has 2 rings (SSSR count). The Bertz CT molecular complexity index is 932. The van der Waals surface area contributed by atoms with Gasteiger partial charge in [-0.15, -0.1) is 0 Å². The second kappa shape index (κ2) is 17.6. The van der Waals surface area contributed by atoms with Crippen molar-refractivity contribution < 1.29 is 19.0 Å². The maximum atomic E-state index is 13.4. The van der Waals surface area contributed by atoms with Gasteiger partial charge < -0.3 is 14.2 Å². The highest BCUT2D eigenvalue weighted by Crippen LogP contribution is 2.33. The van der Waals surface area contributed by atoms with Crippen LogP contribution in [-0.4, -0.2) is 25.6 Å². The molecule has 2 aromatic rings. The van der Waals surface area contributed by atoms with Gasteiger partial charge in [0.05, 0.1) is 25.4 Å². The number of ether oxygens (including phenoxy) is 3. The van der Waals surface area contributed by atoms with E-state index in [1.54, 1.807) is 6.08 Å². The predicted octanol–water partition coefficient (Wildman–Crippen LogP) is 8.85. The van der Waals surface area contributed by atoms with Crippen LogP contribution in [0.1, 0.15) is 107 Å². The van der Waals surface area contributed by atoms with Crippen molar-refractivity contribution in [2.45, 2.75) is 91.9 Å². The van der Waals surface area contributed by atoms with E-state index in [-0.39, 0.29) is 5.78 Å². The molecule has 36 heavy (non-hydrogen) atoms. The lowest BCUT2D eigenvalue weighted by atomic mass is 10.0. The Morgan fingerprint density at radius 3 is 1.94 bits per heavy atom. The van der Waals surface area contributed by atoms with Gasteiger partial charge in [-0.3, -0.25) is 4.79 Å². The average molecular weight is 495 g/mol. The summed E-state index contributed by atoms with van der Waals surface area (Å²) < 4.78 is 18.2. The molecule has 0 radical (unpaired) electrons. The fraction of sp³-hybridized carbons (Fsp3) is 0.531. The number of benzene rings is 2. The first-order valence-corrected chi connectivity index (χ1v) is 14.0. The van der Waals surface area contributed by atoms with Crippen molar-refractivity contribution in [2.24, 2.45) is 0 Å². The average Bonchev–Trinajstić information content (AvgIpc) is 2.90. The third kappa shape index (κ3) is 10.1. The molecule has 0 N–H and O–H groups in total. The molecule has 0 aliphatic rings. The fourth-order valence-electron chi connectivity index (χ4n) is 3.90. The molecule has 0 spiro atoms. The van der Waals surface area contributed by atoms with Gasteiger partial charge in [0, 0.05) is 5.56 Å². The second-order valence-corrected chi connectivity index (χ2v) is 9.22. The zero-order chi connectivity index (χ0) is 26.0. The van der Waals surface area contributed by atoms with E-state index in [1.165, 1.54) is 5.56 Å². The number of para-hydroxylation sites is 1. The van der Waals surface area contributed by atoms with Crippen molar-refractivity contribution in [3.63, 3.8) is 0 Å². The van der Waals surface area contributed by atoms with Crippen LogP contribution in [0.5, 0.6) is 17.2 Å². The van der Waals surface area contributed by atoms with Gasteiger partial charge in [-0.2, -0.15) is 0 Å². The van der Waals surface area contributed by atoms with Gasteiger partial charge in [0.15, 0.2) is 17.3 Å². The van der Waals surface area contributed by atoms with Crippen LogP contribution in [0.15, 0.2) is 42.5 Å². The Morgan fingerprint density at radius 1 is 0.722 bits per heavy atom. The summed E-state index contributed by atoms with van der Waals surface area (Å²) in [5.41, 5.74) is 2.68. The van der Waals surface area contributed by atoms with Crippen LogP contribution < -0.4 is 14.2 Å². The molecule has 0 aliphatic heterocycles. The van der Waals surface area contributed by atoms with Crippen LogP contribution in [0, 0.1) is 0 Å². The number of rotatable bonds is 19. The Labute approximate surface area is 219 Å². The Kier molecular flexibility index (Phi) is 14.4. The fourth-order valence-corrected chi connectivity index (χ4v) is 3.90. The standard InChI is InChI=1S/C32H46O4/c1-5-9-12-22-34-30-21-18-26(8-4)25-27(30)19-20-29(33)28-16-15-17-31(35-23-13-10-6-2)32(28)36-24-14-11-7-3/h15-21,25H,5-14,22-24H2,1-4H3/b20-19+. The molecule has 0 aromatic heterocycles. The summed E-state index contributed by atoms with van der Waals surface area (Å²) in [5, 5.41) is 0. The van der Waals surface area contributed by atoms with Gasteiger partial charge in [-0.25, -0.2) is 0 Å².